The fourth-order valence-electron chi connectivity index (χ4n) is 3.26. The third-order valence-corrected chi connectivity index (χ3v) is 4.77. The van der Waals surface area contributed by atoms with Gasteiger partial charge in [0.05, 0.1) is 26.8 Å². The van der Waals surface area contributed by atoms with Crippen LogP contribution in [-0.4, -0.2) is 110 Å². The molecule has 0 spiro atoms. The molecule has 3 amide bonds. The molecule has 0 aromatic carbocycles. The number of hydrogen-bond acceptors (Lipinski definition) is 6. The molecular formula is C14H25N6O3+. The molecule has 9 nitrogen and oxygen atoms in total. The van der Waals surface area contributed by atoms with Crippen molar-refractivity contribution in [2.45, 2.75) is 12.2 Å². The number of imide groups is 1. The molecule has 3 heterocycles. The molecule has 2 fully saturated rings. The normalized spacial score (nSPS) is 29.0. The number of guanidine groups is 1. The molecule has 0 aliphatic carbocycles. The van der Waals surface area contributed by atoms with Gasteiger partial charge < -0.3 is 4.74 Å². The molecule has 3 aliphatic rings. The number of nitrogens with one attached hydrogen (secondary N) is 2. The van der Waals surface area contributed by atoms with Crippen LogP contribution in [0.25, 0.3) is 0 Å². The Morgan fingerprint density at radius 3 is 2.70 bits per heavy atom. The van der Waals surface area contributed by atoms with E-state index >= 15 is 0 Å². The molecule has 9 heteroatoms. The Hall–Kier alpha value is -1.87. The summed E-state index contributed by atoms with van der Waals surface area (Å²) < 4.78 is 7.22. The van der Waals surface area contributed by atoms with Crippen LogP contribution in [0, 0.1) is 0 Å². The molecule has 3 rings (SSSR count). The molecule has 0 bridgehead atoms. The zero-order chi connectivity index (χ0) is 16.6. The van der Waals surface area contributed by atoms with E-state index in [9.17, 15) is 9.59 Å². The smallest absolute Gasteiger partial charge is 0.348 e. The van der Waals surface area contributed by atoms with Gasteiger partial charge in [-0.1, -0.05) is 0 Å². The summed E-state index contributed by atoms with van der Waals surface area (Å²) in [6.45, 7) is 5.16. The Morgan fingerprint density at radius 2 is 2.00 bits per heavy atom. The van der Waals surface area contributed by atoms with Gasteiger partial charge in [0.2, 0.25) is 6.04 Å². The van der Waals surface area contributed by atoms with E-state index in [2.05, 4.69) is 15.5 Å². The SMILES string of the molecule is CN1C(=O)C2C(NC(NCCN3CCOCC3)=[N+]2C)N(C)C1=O. The van der Waals surface area contributed by atoms with Gasteiger partial charge in [-0.05, 0) is 0 Å². The third kappa shape index (κ3) is 2.86. The van der Waals surface area contributed by atoms with Gasteiger partial charge in [-0.2, -0.15) is 0 Å². The Balaban J connectivity index is 1.61. The van der Waals surface area contributed by atoms with Crippen LogP contribution in [0.4, 0.5) is 4.79 Å². The molecule has 0 saturated carbocycles. The molecule has 2 unspecified atom stereocenters. The van der Waals surface area contributed by atoms with E-state index in [0.29, 0.717) is 0 Å². The van der Waals surface area contributed by atoms with E-state index in [4.69, 9.17) is 4.74 Å². The predicted molar refractivity (Wildman–Crippen MR) is 83.1 cm³/mol. The molecule has 2 saturated heterocycles. The van der Waals surface area contributed by atoms with Crippen molar-refractivity contribution in [3.8, 4) is 0 Å². The van der Waals surface area contributed by atoms with Crippen molar-refractivity contribution in [3.63, 3.8) is 0 Å². The van der Waals surface area contributed by atoms with E-state index in [1.807, 2.05) is 11.6 Å². The van der Waals surface area contributed by atoms with E-state index in [0.717, 1.165) is 45.4 Å². The van der Waals surface area contributed by atoms with Gasteiger partial charge in [-0.3, -0.25) is 34.7 Å². The largest absolute Gasteiger partial charge is 0.379 e. The maximum Gasteiger partial charge on any atom is 0.348 e. The van der Waals surface area contributed by atoms with Crippen LogP contribution in [0.5, 0.6) is 0 Å². The van der Waals surface area contributed by atoms with E-state index in [1.165, 1.54) is 11.9 Å². The second-order valence-corrected chi connectivity index (χ2v) is 6.17. The summed E-state index contributed by atoms with van der Waals surface area (Å²) in [6, 6.07) is -0.680. The highest BCUT2D eigenvalue weighted by Gasteiger charge is 2.52. The minimum absolute atomic E-state index is 0.182. The van der Waals surface area contributed by atoms with Crippen LogP contribution in [0.3, 0.4) is 0 Å². The van der Waals surface area contributed by atoms with Crippen LogP contribution in [0.1, 0.15) is 0 Å². The summed E-state index contributed by atoms with van der Waals surface area (Å²) in [5.41, 5.74) is 0. The minimum Gasteiger partial charge on any atom is -0.379 e. The molecule has 2 atom stereocenters. The summed E-state index contributed by atoms with van der Waals surface area (Å²) >= 11 is 0. The zero-order valence-corrected chi connectivity index (χ0v) is 13.9. The molecule has 0 aromatic heterocycles. The van der Waals surface area contributed by atoms with E-state index < -0.39 is 6.04 Å². The number of rotatable bonds is 3. The quantitative estimate of drug-likeness (QED) is 0.570. The number of carbonyl (C=O) groups excluding carboxylic acids is 2. The monoisotopic (exact) mass is 325 g/mol. The van der Waals surface area contributed by atoms with Gasteiger partial charge in [0.1, 0.15) is 0 Å². The molecule has 23 heavy (non-hydrogen) atoms. The number of likely N-dealkylation sites (N-methyl/N-ethyl adjacent to an activating group) is 3. The van der Waals surface area contributed by atoms with Crippen LogP contribution in [0.15, 0.2) is 0 Å². The summed E-state index contributed by atoms with van der Waals surface area (Å²) in [6.07, 6.45) is -0.331. The third-order valence-electron chi connectivity index (χ3n) is 4.77. The number of morpholine rings is 1. The number of ether oxygens (including phenoxy) is 1. The minimum atomic E-state index is -0.395. The van der Waals surface area contributed by atoms with Crippen molar-refractivity contribution in [2.24, 2.45) is 0 Å². The maximum atomic E-state index is 12.4. The summed E-state index contributed by atoms with van der Waals surface area (Å²) in [5, 5.41) is 6.60. The number of hydrogen-bond donors (Lipinski definition) is 2. The number of carbonyl (C=O) groups is 2. The van der Waals surface area contributed by atoms with Crippen molar-refractivity contribution in [1.82, 2.24) is 25.3 Å². The summed E-state index contributed by atoms with van der Waals surface area (Å²) in [4.78, 5) is 29.5. The number of urea groups is 1. The molecular weight excluding hydrogens is 300 g/mol. The van der Waals surface area contributed by atoms with Gasteiger partial charge in [0.25, 0.3) is 5.91 Å². The van der Waals surface area contributed by atoms with Crippen molar-refractivity contribution in [1.29, 1.82) is 0 Å². The lowest BCUT2D eigenvalue weighted by Gasteiger charge is -2.35. The fourth-order valence-corrected chi connectivity index (χ4v) is 3.26. The molecule has 0 aromatic rings. The molecule has 0 radical (unpaired) electrons. The van der Waals surface area contributed by atoms with Crippen LogP contribution in [0.2, 0.25) is 0 Å². The Morgan fingerprint density at radius 1 is 1.30 bits per heavy atom. The Kier molecular flexibility index (Phi) is 4.40. The number of nitrogens with zero attached hydrogens (tertiary/aromatic N) is 4. The van der Waals surface area contributed by atoms with Gasteiger partial charge in [0, 0.05) is 33.7 Å². The van der Waals surface area contributed by atoms with Crippen molar-refractivity contribution >= 4 is 17.9 Å². The average molecular weight is 325 g/mol. The highest BCUT2D eigenvalue weighted by Crippen LogP contribution is 2.18. The van der Waals surface area contributed by atoms with Crippen molar-refractivity contribution in [3.05, 3.63) is 0 Å². The first kappa shape index (κ1) is 16.0. The van der Waals surface area contributed by atoms with Crippen molar-refractivity contribution in [2.75, 3.05) is 60.5 Å². The molecule has 2 N–H and O–H groups in total. The second kappa shape index (κ2) is 6.32. The Labute approximate surface area is 135 Å². The molecule has 3 aliphatic heterocycles. The highest BCUT2D eigenvalue weighted by atomic mass is 16.5. The maximum absolute atomic E-state index is 12.4. The highest BCUT2D eigenvalue weighted by molar-refractivity contribution is 6.01. The lowest BCUT2D eigenvalue weighted by Crippen LogP contribution is -2.65. The Bertz CT molecular complexity index is 531. The average Bonchev–Trinajstić information content (AvgIpc) is 2.89. The first-order valence-electron chi connectivity index (χ1n) is 7.95. The summed E-state index contributed by atoms with van der Waals surface area (Å²) in [7, 11) is 5.10. The molecule has 128 valence electrons. The van der Waals surface area contributed by atoms with Crippen LogP contribution < -0.4 is 10.6 Å². The first-order valence-corrected chi connectivity index (χ1v) is 7.95. The fraction of sp³-hybridized carbons (Fsp3) is 0.786. The van der Waals surface area contributed by atoms with Crippen LogP contribution in [-0.2, 0) is 9.53 Å². The first-order chi connectivity index (χ1) is 11.0. The van der Waals surface area contributed by atoms with Crippen LogP contribution >= 0.6 is 0 Å². The van der Waals surface area contributed by atoms with Gasteiger partial charge in [0.15, 0.2) is 6.17 Å². The lowest BCUT2D eigenvalue weighted by atomic mass is 10.1. The lowest BCUT2D eigenvalue weighted by molar-refractivity contribution is -0.523. The van der Waals surface area contributed by atoms with Gasteiger partial charge in [-0.25, -0.2) is 4.79 Å². The second-order valence-electron chi connectivity index (χ2n) is 6.17. The van der Waals surface area contributed by atoms with Gasteiger partial charge in [-0.15, -0.1) is 0 Å². The van der Waals surface area contributed by atoms with E-state index in [1.54, 1.807) is 11.9 Å². The summed E-state index contributed by atoms with van der Waals surface area (Å²) in [5.74, 6) is 0.606. The van der Waals surface area contributed by atoms with E-state index in [-0.39, 0.29) is 18.1 Å². The number of amides is 3. The number of fused-ring (bicyclic) bond motifs is 1. The zero-order valence-electron chi connectivity index (χ0n) is 13.9. The predicted octanol–water partition coefficient (Wildman–Crippen LogP) is -2.27. The standard InChI is InChI=1S/C14H24N6O3/c1-17-10-11(18(2)14(22)19(3)12(10)21)16-13(17)15-4-5-20-6-8-23-9-7-20/h10-11H,4-9H2,1-3H3,(H,15,16)/p+1. The van der Waals surface area contributed by atoms with Crippen molar-refractivity contribution < 1.29 is 18.9 Å². The van der Waals surface area contributed by atoms with Gasteiger partial charge >= 0.3 is 12.0 Å². The topological polar surface area (TPSA) is 80.2 Å².